The minimum Gasteiger partial charge on any atom is -0.343 e. The van der Waals surface area contributed by atoms with Gasteiger partial charge in [-0.05, 0) is 36.2 Å². The lowest BCUT2D eigenvalue weighted by Gasteiger charge is -2.20. The van der Waals surface area contributed by atoms with Crippen molar-refractivity contribution in [2.75, 3.05) is 6.54 Å². The smallest absolute Gasteiger partial charge is 0.218 e. The van der Waals surface area contributed by atoms with Crippen molar-refractivity contribution in [2.45, 2.75) is 25.8 Å². The van der Waals surface area contributed by atoms with E-state index < -0.39 is 8.03 Å². The van der Waals surface area contributed by atoms with Crippen LogP contribution >= 0.6 is 8.03 Å². The van der Waals surface area contributed by atoms with Gasteiger partial charge in [0.1, 0.15) is 0 Å². The number of rotatable bonds is 7. The van der Waals surface area contributed by atoms with Crippen molar-refractivity contribution in [3.05, 3.63) is 65.7 Å². The molecule has 2 rings (SSSR count). The summed E-state index contributed by atoms with van der Waals surface area (Å²) in [5.74, 6) is 0. The Kier molecular flexibility index (Phi) is 6.19. The van der Waals surface area contributed by atoms with Gasteiger partial charge in [-0.2, -0.15) is 0 Å². The Bertz CT molecular complexity index is 569. The Morgan fingerprint density at radius 1 is 1.05 bits per heavy atom. The van der Waals surface area contributed by atoms with E-state index in [0.717, 1.165) is 24.9 Å². The number of hydrogen-bond acceptors (Lipinski definition) is 2. The monoisotopic (exact) mass is 303 g/mol. The van der Waals surface area contributed by atoms with Crippen molar-refractivity contribution < 1.29 is 9.46 Å². The molecule has 2 aromatic carbocycles. The van der Waals surface area contributed by atoms with E-state index in [0.29, 0.717) is 5.30 Å². The summed E-state index contributed by atoms with van der Waals surface area (Å²) in [4.78, 5) is 9.17. The zero-order chi connectivity index (χ0) is 15.1. The molecule has 0 amide bonds. The molecule has 2 aromatic rings. The highest BCUT2D eigenvalue weighted by molar-refractivity contribution is 7.47. The van der Waals surface area contributed by atoms with Gasteiger partial charge in [0.05, 0.1) is 6.04 Å². The predicted molar refractivity (Wildman–Crippen MR) is 88.5 cm³/mol. The van der Waals surface area contributed by atoms with Crippen LogP contribution in [0.15, 0.2) is 54.6 Å². The molecule has 2 N–H and O–H groups in total. The Morgan fingerprint density at radius 3 is 2.24 bits per heavy atom. The van der Waals surface area contributed by atoms with Gasteiger partial charge >= 0.3 is 0 Å². The highest BCUT2D eigenvalue weighted by Crippen LogP contribution is 2.23. The van der Waals surface area contributed by atoms with Crippen molar-refractivity contribution >= 4 is 13.3 Å². The average molecular weight is 303 g/mol. The minimum absolute atomic E-state index is 0.118. The molecule has 0 radical (unpaired) electrons. The average Bonchev–Trinajstić information content (AvgIpc) is 2.53. The fourth-order valence-electron chi connectivity index (χ4n) is 2.31. The summed E-state index contributed by atoms with van der Waals surface area (Å²) in [5, 5.41) is 4.07. The lowest BCUT2D eigenvalue weighted by molar-refractivity contribution is 0.513. The standard InChI is InChI=1S/C17H22NO2P/c1-2-3-13-18-17(14-7-5-4-6-8-14)15-9-11-16(12-10-15)21(19)20/h4-12,17-18,21H,2-3,13H2,1H3,(H,19,20). The van der Waals surface area contributed by atoms with Crippen LogP contribution in [-0.4, -0.2) is 11.4 Å². The molecule has 21 heavy (non-hydrogen) atoms. The molecule has 112 valence electrons. The molecule has 0 bridgehead atoms. The van der Waals surface area contributed by atoms with Gasteiger partial charge in [0, 0.05) is 5.30 Å². The molecule has 2 unspecified atom stereocenters. The second-order valence-electron chi connectivity index (χ2n) is 5.08. The molecule has 0 fully saturated rings. The van der Waals surface area contributed by atoms with Gasteiger partial charge in [-0.25, -0.2) is 0 Å². The first kappa shape index (κ1) is 16.0. The van der Waals surface area contributed by atoms with Gasteiger partial charge in [0.2, 0.25) is 8.03 Å². The third-order valence-electron chi connectivity index (χ3n) is 3.50. The lowest BCUT2D eigenvalue weighted by atomic mass is 9.98. The summed E-state index contributed by atoms with van der Waals surface area (Å²) in [7, 11) is -2.61. The molecular formula is C17H22NO2P. The molecule has 0 spiro atoms. The van der Waals surface area contributed by atoms with Crippen LogP contribution in [-0.2, 0) is 4.57 Å². The Hall–Kier alpha value is -1.41. The van der Waals surface area contributed by atoms with Gasteiger partial charge in [-0.1, -0.05) is 55.8 Å². The van der Waals surface area contributed by atoms with Crippen LogP contribution in [0.1, 0.15) is 36.9 Å². The van der Waals surface area contributed by atoms with E-state index >= 15 is 0 Å². The summed E-state index contributed by atoms with van der Waals surface area (Å²) in [6.45, 7) is 3.13. The van der Waals surface area contributed by atoms with Crippen LogP contribution in [0.25, 0.3) is 0 Å². The summed E-state index contributed by atoms with van der Waals surface area (Å²) < 4.78 is 11.1. The summed E-state index contributed by atoms with van der Waals surface area (Å²) in [6, 6.07) is 17.8. The number of benzene rings is 2. The normalized spacial score (nSPS) is 13.8. The van der Waals surface area contributed by atoms with E-state index in [1.54, 1.807) is 12.1 Å². The third-order valence-corrected chi connectivity index (χ3v) is 4.33. The zero-order valence-electron chi connectivity index (χ0n) is 12.3. The highest BCUT2D eigenvalue weighted by atomic mass is 31.1. The number of unbranched alkanes of at least 4 members (excludes halogenated alkanes) is 1. The maximum atomic E-state index is 11.1. The molecule has 0 aliphatic heterocycles. The van der Waals surface area contributed by atoms with E-state index in [9.17, 15) is 9.46 Å². The van der Waals surface area contributed by atoms with Crippen LogP contribution in [0.2, 0.25) is 0 Å². The Morgan fingerprint density at radius 2 is 1.67 bits per heavy atom. The number of nitrogens with one attached hydrogen (secondary N) is 1. The van der Waals surface area contributed by atoms with Gasteiger partial charge in [-0.3, -0.25) is 4.57 Å². The van der Waals surface area contributed by atoms with Crippen LogP contribution in [0.4, 0.5) is 0 Å². The van der Waals surface area contributed by atoms with Crippen molar-refractivity contribution in [1.29, 1.82) is 0 Å². The molecule has 2 atom stereocenters. The van der Waals surface area contributed by atoms with Crippen molar-refractivity contribution in [3.63, 3.8) is 0 Å². The van der Waals surface area contributed by atoms with Crippen molar-refractivity contribution in [2.24, 2.45) is 0 Å². The van der Waals surface area contributed by atoms with E-state index in [4.69, 9.17) is 0 Å². The third kappa shape index (κ3) is 4.53. The second-order valence-corrected chi connectivity index (χ2v) is 6.27. The fraction of sp³-hybridized carbons (Fsp3) is 0.294. The summed E-state index contributed by atoms with van der Waals surface area (Å²) in [5.41, 5.74) is 2.32. The SMILES string of the molecule is CCCCNC(c1ccccc1)c1ccc([PH](=O)O)cc1. The van der Waals surface area contributed by atoms with Gasteiger partial charge in [0.25, 0.3) is 0 Å². The molecule has 0 aliphatic rings. The first-order valence-corrected chi connectivity index (χ1v) is 8.69. The Balaban J connectivity index is 2.24. The minimum atomic E-state index is -2.61. The van der Waals surface area contributed by atoms with E-state index in [-0.39, 0.29) is 6.04 Å². The predicted octanol–water partition coefficient (Wildman–Crippen LogP) is 3.26. The molecule has 0 aromatic heterocycles. The van der Waals surface area contributed by atoms with Crippen molar-refractivity contribution in [3.8, 4) is 0 Å². The maximum Gasteiger partial charge on any atom is 0.218 e. The Labute approximate surface area is 126 Å². The highest BCUT2D eigenvalue weighted by Gasteiger charge is 2.13. The topological polar surface area (TPSA) is 49.3 Å². The summed E-state index contributed by atoms with van der Waals surface area (Å²) >= 11 is 0. The maximum absolute atomic E-state index is 11.1. The van der Waals surface area contributed by atoms with Gasteiger partial charge < -0.3 is 10.2 Å². The second kappa shape index (κ2) is 8.14. The molecule has 0 heterocycles. The van der Waals surface area contributed by atoms with E-state index in [2.05, 4.69) is 24.4 Å². The first-order valence-electron chi connectivity index (χ1n) is 7.34. The lowest BCUT2D eigenvalue weighted by Crippen LogP contribution is -2.23. The van der Waals surface area contributed by atoms with E-state index in [1.165, 1.54) is 5.56 Å². The van der Waals surface area contributed by atoms with Crippen LogP contribution in [0.3, 0.4) is 0 Å². The van der Waals surface area contributed by atoms with Gasteiger partial charge in [0.15, 0.2) is 0 Å². The molecule has 4 heteroatoms. The number of hydrogen-bond donors (Lipinski definition) is 2. The largest absolute Gasteiger partial charge is 0.343 e. The molecule has 0 aliphatic carbocycles. The molecular weight excluding hydrogens is 281 g/mol. The molecule has 0 saturated heterocycles. The van der Waals surface area contributed by atoms with Crippen LogP contribution in [0.5, 0.6) is 0 Å². The van der Waals surface area contributed by atoms with Gasteiger partial charge in [-0.15, -0.1) is 0 Å². The van der Waals surface area contributed by atoms with Crippen molar-refractivity contribution in [1.82, 2.24) is 5.32 Å². The quantitative estimate of drug-likeness (QED) is 0.610. The van der Waals surface area contributed by atoms with E-state index in [1.807, 2.05) is 30.3 Å². The summed E-state index contributed by atoms with van der Waals surface area (Å²) in [6.07, 6.45) is 2.28. The van der Waals surface area contributed by atoms with Crippen LogP contribution in [0, 0.1) is 0 Å². The fourth-order valence-corrected chi connectivity index (χ4v) is 2.77. The molecule has 3 nitrogen and oxygen atoms in total. The first-order chi connectivity index (χ1) is 10.2. The molecule has 0 saturated carbocycles. The zero-order valence-corrected chi connectivity index (χ0v) is 13.3. The van der Waals surface area contributed by atoms with Crippen LogP contribution < -0.4 is 10.6 Å².